The van der Waals surface area contributed by atoms with Gasteiger partial charge in [0.1, 0.15) is 0 Å². The summed E-state index contributed by atoms with van der Waals surface area (Å²) in [7, 11) is -0.911. The van der Waals surface area contributed by atoms with Gasteiger partial charge in [0, 0.05) is 20.5 Å². The van der Waals surface area contributed by atoms with Crippen LogP contribution in [0.25, 0.3) is 0 Å². The molecule has 0 radical (unpaired) electrons. The number of carbonyl (C=O) groups is 2. The predicted molar refractivity (Wildman–Crippen MR) is 85.0 cm³/mol. The Kier molecular flexibility index (Phi) is 5.44. The number of hydrogen-bond acceptors (Lipinski definition) is 5. The Balaban J connectivity index is 2.28. The summed E-state index contributed by atoms with van der Waals surface area (Å²) in [6.45, 7) is 0. The zero-order chi connectivity index (χ0) is 17.2. The van der Waals surface area contributed by atoms with Crippen molar-refractivity contribution >= 4 is 33.4 Å². The average molecular weight is 360 g/mol. The van der Waals surface area contributed by atoms with Crippen LogP contribution in [0.4, 0.5) is 0 Å². The van der Waals surface area contributed by atoms with Crippen molar-refractivity contribution < 1.29 is 22.7 Å². The first kappa shape index (κ1) is 17.9. The molecule has 0 unspecified atom stereocenters. The quantitative estimate of drug-likeness (QED) is 0.770. The lowest BCUT2D eigenvalue weighted by atomic mass is 9.96. The van der Waals surface area contributed by atoms with E-state index in [4.69, 9.17) is 16.3 Å². The maximum absolute atomic E-state index is 12.3. The molecule has 0 aromatic heterocycles. The molecule has 0 amide bonds. The summed E-state index contributed by atoms with van der Waals surface area (Å²) in [6.07, 6.45) is 1.70. The third-order valence-electron chi connectivity index (χ3n) is 3.68. The number of ketones is 1. The van der Waals surface area contributed by atoms with E-state index in [1.165, 1.54) is 32.3 Å². The second-order valence-corrected chi connectivity index (χ2v) is 8.09. The van der Waals surface area contributed by atoms with Crippen molar-refractivity contribution in [2.45, 2.75) is 36.7 Å². The fourth-order valence-corrected chi connectivity index (χ4v) is 3.42. The topological polar surface area (TPSA) is 80.8 Å². The Morgan fingerprint density at radius 3 is 2.61 bits per heavy atom. The van der Waals surface area contributed by atoms with Gasteiger partial charge in [-0.25, -0.2) is 17.5 Å². The number of nitrogens with zero attached hydrogens (tertiary/aromatic N) is 1. The molecule has 0 saturated heterocycles. The number of halogens is 1. The molecule has 1 aromatic carbocycles. The van der Waals surface area contributed by atoms with Gasteiger partial charge in [0.25, 0.3) is 0 Å². The van der Waals surface area contributed by atoms with E-state index in [1.807, 2.05) is 0 Å². The molecule has 1 saturated carbocycles. The smallest absolute Gasteiger partial charge is 0.340 e. The Labute approximate surface area is 140 Å². The first-order valence-electron chi connectivity index (χ1n) is 7.19. The highest BCUT2D eigenvalue weighted by Gasteiger charge is 2.28. The zero-order valence-electron chi connectivity index (χ0n) is 12.9. The van der Waals surface area contributed by atoms with Crippen molar-refractivity contribution in [1.82, 2.24) is 4.31 Å². The molecule has 1 aliphatic rings. The number of esters is 1. The van der Waals surface area contributed by atoms with Crippen molar-refractivity contribution in [3.8, 4) is 0 Å². The number of Topliss-reactive ketones (excluding diaryl/α,β-unsaturated/α-hetero) is 1. The van der Waals surface area contributed by atoms with Crippen LogP contribution in [0.5, 0.6) is 0 Å². The largest absolute Gasteiger partial charge is 0.451 e. The monoisotopic (exact) mass is 359 g/mol. The van der Waals surface area contributed by atoms with Crippen LogP contribution < -0.4 is 0 Å². The second-order valence-electron chi connectivity index (χ2n) is 5.54. The highest BCUT2D eigenvalue weighted by Crippen LogP contribution is 2.25. The predicted octanol–water partition coefficient (Wildman–Crippen LogP) is 2.26. The molecule has 0 spiro atoms. The van der Waals surface area contributed by atoms with Crippen LogP contribution in [-0.2, 0) is 19.6 Å². The van der Waals surface area contributed by atoms with E-state index in [9.17, 15) is 18.0 Å². The van der Waals surface area contributed by atoms with Gasteiger partial charge in [0.05, 0.1) is 15.5 Å². The standard InChI is InChI=1S/C15H18ClNO5S/c1-17(2)23(20,21)10-7-8-12(16)11(9-10)15(19)22-14-6-4-3-5-13(14)18/h7-9,14H,3-6H2,1-2H3/t14-/m1/s1. The lowest BCUT2D eigenvalue weighted by molar-refractivity contribution is -0.129. The Morgan fingerprint density at radius 1 is 1.30 bits per heavy atom. The Bertz CT molecular complexity index is 729. The molecule has 6 nitrogen and oxygen atoms in total. The number of carbonyl (C=O) groups excluding carboxylic acids is 2. The average Bonchev–Trinajstić information content (AvgIpc) is 2.49. The maximum atomic E-state index is 12.3. The fourth-order valence-electron chi connectivity index (χ4n) is 2.30. The van der Waals surface area contributed by atoms with Gasteiger partial charge in [-0.3, -0.25) is 4.79 Å². The molecule has 126 valence electrons. The van der Waals surface area contributed by atoms with Gasteiger partial charge in [0.2, 0.25) is 10.0 Å². The molecule has 0 bridgehead atoms. The highest BCUT2D eigenvalue weighted by molar-refractivity contribution is 7.89. The summed E-state index contributed by atoms with van der Waals surface area (Å²) < 4.78 is 30.5. The highest BCUT2D eigenvalue weighted by atomic mass is 35.5. The van der Waals surface area contributed by atoms with Crippen molar-refractivity contribution in [2.75, 3.05) is 14.1 Å². The van der Waals surface area contributed by atoms with Crippen LogP contribution in [0.1, 0.15) is 36.0 Å². The van der Waals surface area contributed by atoms with E-state index < -0.39 is 22.1 Å². The van der Waals surface area contributed by atoms with Crippen molar-refractivity contribution in [2.24, 2.45) is 0 Å². The number of benzene rings is 1. The normalized spacial score (nSPS) is 19.0. The summed E-state index contributed by atoms with van der Waals surface area (Å²) in [5, 5.41) is 0.0796. The molecule has 2 rings (SSSR count). The summed E-state index contributed by atoms with van der Waals surface area (Å²) in [5.74, 6) is -0.899. The van der Waals surface area contributed by atoms with Crippen molar-refractivity contribution in [3.05, 3.63) is 28.8 Å². The van der Waals surface area contributed by atoms with Gasteiger partial charge in [0.15, 0.2) is 11.9 Å². The summed E-state index contributed by atoms with van der Waals surface area (Å²) in [5.41, 5.74) is -0.0621. The molecule has 23 heavy (non-hydrogen) atoms. The zero-order valence-corrected chi connectivity index (χ0v) is 14.5. The van der Waals surface area contributed by atoms with E-state index >= 15 is 0 Å². The number of ether oxygens (including phenoxy) is 1. The molecule has 1 atom stereocenters. The van der Waals surface area contributed by atoms with Crippen molar-refractivity contribution in [1.29, 1.82) is 0 Å². The summed E-state index contributed by atoms with van der Waals surface area (Å²) in [4.78, 5) is 23.9. The van der Waals surface area contributed by atoms with Crippen LogP contribution in [0.2, 0.25) is 5.02 Å². The molecular weight excluding hydrogens is 342 g/mol. The van der Waals surface area contributed by atoms with E-state index in [0.717, 1.165) is 17.1 Å². The molecule has 1 aromatic rings. The number of sulfonamides is 1. The Morgan fingerprint density at radius 2 is 2.00 bits per heavy atom. The third kappa shape index (κ3) is 3.91. The molecule has 8 heteroatoms. The molecular formula is C15H18ClNO5S. The third-order valence-corrected chi connectivity index (χ3v) is 5.82. The fraction of sp³-hybridized carbons (Fsp3) is 0.467. The minimum absolute atomic E-state index is 0.0613. The van der Waals surface area contributed by atoms with Crippen LogP contribution in [0.15, 0.2) is 23.1 Å². The molecule has 0 aliphatic heterocycles. The molecule has 0 heterocycles. The van der Waals surface area contributed by atoms with E-state index in [1.54, 1.807) is 0 Å². The summed E-state index contributed by atoms with van der Waals surface area (Å²) in [6, 6.07) is 3.82. The first-order valence-corrected chi connectivity index (χ1v) is 9.01. The lowest BCUT2D eigenvalue weighted by Crippen LogP contribution is -2.30. The molecule has 1 aliphatic carbocycles. The minimum Gasteiger partial charge on any atom is -0.451 e. The second kappa shape index (κ2) is 6.98. The van der Waals surface area contributed by atoms with E-state index in [-0.39, 0.29) is 21.3 Å². The van der Waals surface area contributed by atoms with Crippen LogP contribution >= 0.6 is 11.6 Å². The summed E-state index contributed by atoms with van der Waals surface area (Å²) >= 11 is 5.98. The molecule has 0 N–H and O–H groups in total. The van der Waals surface area contributed by atoms with Crippen molar-refractivity contribution in [3.63, 3.8) is 0 Å². The SMILES string of the molecule is CN(C)S(=O)(=O)c1ccc(Cl)c(C(=O)O[C@@H]2CCCCC2=O)c1. The molecule has 1 fully saturated rings. The van der Waals surface area contributed by atoms with Gasteiger partial charge in [-0.1, -0.05) is 11.6 Å². The van der Waals surface area contributed by atoms with Gasteiger partial charge in [-0.15, -0.1) is 0 Å². The lowest BCUT2D eigenvalue weighted by Gasteiger charge is -2.21. The van der Waals surface area contributed by atoms with Gasteiger partial charge < -0.3 is 4.74 Å². The van der Waals surface area contributed by atoms with Gasteiger partial charge in [-0.05, 0) is 37.5 Å². The first-order chi connectivity index (χ1) is 10.7. The van der Waals surface area contributed by atoms with Crippen LogP contribution in [-0.4, -0.2) is 44.7 Å². The van der Waals surface area contributed by atoms with Crippen LogP contribution in [0, 0.1) is 0 Å². The minimum atomic E-state index is -3.69. The maximum Gasteiger partial charge on any atom is 0.340 e. The van der Waals surface area contributed by atoms with Crippen LogP contribution in [0.3, 0.4) is 0 Å². The van der Waals surface area contributed by atoms with Gasteiger partial charge >= 0.3 is 5.97 Å². The van der Waals surface area contributed by atoms with E-state index in [0.29, 0.717) is 12.8 Å². The number of rotatable bonds is 4. The van der Waals surface area contributed by atoms with Gasteiger partial charge in [-0.2, -0.15) is 0 Å². The number of hydrogen-bond donors (Lipinski definition) is 0. The van der Waals surface area contributed by atoms with E-state index in [2.05, 4.69) is 0 Å². The Hall–Kier alpha value is -1.44.